The van der Waals surface area contributed by atoms with Gasteiger partial charge < -0.3 is 20.8 Å². The zero-order chi connectivity index (χ0) is 18.8. The zero-order valence-electron chi connectivity index (χ0n) is 16.0. The first-order valence-electron chi connectivity index (χ1n) is 8.13. The zero-order valence-corrected chi connectivity index (χ0v) is 16.0. The van der Waals surface area contributed by atoms with Crippen molar-refractivity contribution < 1.29 is 19.8 Å². The molecule has 0 aromatic carbocycles. The summed E-state index contributed by atoms with van der Waals surface area (Å²) in [6, 6.07) is -0.100. The molecule has 0 aromatic heterocycles. The van der Waals surface area contributed by atoms with Crippen LogP contribution in [0.4, 0.5) is 0 Å². The van der Waals surface area contributed by atoms with Crippen LogP contribution in [0, 0.1) is 10.8 Å². The predicted octanol–water partition coefficient (Wildman–Crippen LogP) is 2.09. The van der Waals surface area contributed by atoms with Gasteiger partial charge in [-0.05, 0) is 13.3 Å². The van der Waals surface area contributed by atoms with Crippen LogP contribution < -0.4 is 10.6 Å². The minimum atomic E-state index is -0.471. The summed E-state index contributed by atoms with van der Waals surface area (Å²) in [4.78, 5) is 22.5. The second-order valence-electron chi connectivity index (χ2n) is 7.82. The van der Waals surface area contributed by atoms with Crippen LogP contribution in [-0.4, -0.2) is 47.3 Å². The second-order valence-corrected chi connectivity index (χ2v) is 7.82. The molecule has 0 radical (unpaired) electrons. The van der Waals surface area contributed by atoms with Gasteiger partial charge in [0, 0.05) is 17.4 Å². The van der Waals surface area contributed by atoms with Crippen molar-refractivity contribution in [1.82, 2.24) is 10.6 Å². The molecule has 0 spiro atoms. The van der Waals surface area contributed by atoms with Crippen molar-refractivity contribution in [3.8, 4) is 0 Å². The molecular weight excluding hydrogens is 308 g/mol. The Morgan fingerprint density at radius 1 is 1.00 bits per heavy atom. The van der Waals surface area contributed by atoms with E-state index in [1.54, 1.807) is 6.92 Å². The standard InChI is InChI=1S/C9H19NO2.C8H17NO2.CH4/c1-5-7(6-11)10-8(12)9(2,3)4;1-6(10)5-9-7(11)8(2,3)4;/h7,11H,5-6H2,1-4H3,(H,10,12);6,10H,5H2,1-4H3,(H,9,11);1H4. The summed E-state index contributed by atoms with van der Waals surface area (Å²) < 4.78 is 0. The molecular formula is C18H40N2O4. The monoisotopic (exact) mass is 348 g/mol. The minimum Gasteiger partial charge on any atom is -0.394 e. The Morgan fingerprint density at radius 2 is 1.42 bits per heavy atom. The first-order chi connectivity index (χ1) is 10.3. The molecule has 0 aliphatic carbocycles. The summed E-state index contributed by atoms with van der Waals surface area (Å²) in [7, 11) is 0. The lowest BCUT2D eigenvalue weighted by Crippen LogP contribution is -2.43. The van der Waals surface area contributed by atoms with Crippen LogP contribution in [0.15, 0.2) is 0 Å². The quantitative estimate of drug-likeness (QED) is 0.611. The highest BCUT2D eigenvalue weighted by Crippen LogP contribution is 2.13. The molecule has 2 atom stereocenters. The van der Waals surface area contributed by atoms with E-state index in [0.717, 1.165) is 6.42 Å². The van der Waals surface area contributed by atoms with Crippen molar-refractivity contribution in [3.05, 3.63) is 0 Å². The van der Waals surface area contributed by atoms with Crippen LogP contribution in [-0.2, 0) is 9.59 Å². The highest BCUT2D eigenvalue weighted by Gasteiger charge is 2.23. The summed E-state index contributed by atoms with van der Waals surface area (Å²) in [5.41, 5.74) is -0.739. The van der Waals surface area contributed by atoms with Crippen molar-refractivity contribution in [1.29, 1.82) is 0 Å². The van der Waals surface area contributed by atoms with Gasteiger partial charge in [0.05, 0.1) is 18.8 Å². The minimum absolute atomic E-state index is 0. The molecule has 0 bridgehead atoms. The van der Waals surface area contributed by atoms with E-state index in [9.17, 15) is 9.59 Å². The number of rotatable bonds is 5. The summed E-state index contributed by atoms with van der Waals surface area (Å²) >= 11 is 0. The van der Waals surface area contributed by atoms with Crippen LogP contribution in [0.1, 0.15) is 69.2 Å². The first-order valence-corrected chi connectivity index (χ1v) is 8.13. The average molecular weight is 349 g/mol. The Kier molecular flexibility index (Phi) is 14.1. The number of nitrogens with one attached hydrogen (secondary N) is 2. The van der Waals surface area contributed by atoms with Gasteiger partial charge in [-0.25, -0.2) is 0 Å². The number of carbonyl (C=O) groups is 2. The topological polar surface area (TPSA) is 98.7 Å². The maximum absolute atomic E-state index is 11.4. The Morgan fingerprint density at radius 3 is 1.67 bits per heavy atom. The Hall–Kier alpha value is -1.14. The lowest BCUT2D eigenvalue weighted by Gasteiger charge is -2.22. The molecule has 6 heteroatoms. The molecule has 2 amide bonds. The summed E-state index contributed by atoms with van der Waals surface area (Å²) in [5.74, 6) is -0.0400. The average Bonchev–Trinajstić information content (AvgIpc) is 2.40. The van der Waals surface area contributed by atoms with E-state index >= 15 is 0 Å². The molecule has 0 aliphatic heterocycles. The summed E-state index contributed by atoms with van der Waals surface area (Å²) in [6.45, 7) is 15.0. The maximum Gasteiger partial charge on any atom is 0.225 e. The molecule has 146 valence electrons. The molecule has 0 heterocycles. The highest BCUT2D eigenvalue weighted by atomic mass is 16.3. The van der Waals surface area contributed by atoms with Crippen molar-refractivity contribution in [2.75, 3.05) is 13.2 Å². The third kappa shape index (κ3) is 14.5. The van der Waals surface area contributed by atoms with Gasteiger partial charge in [0.1, 0.15) is 0 Å². The van der Waals surface area contributed by atoms with Crippen molar-refractivity contribution in [2.24, 2.45) is 10.8 Å². The van der Waals surface area contributed by atoms with Crippen molar-refractivity contribution >= 4 is 11.8 Å². The second kappa shape index (κ2) is 12.3. The molecule has 24 heavy (non-hydrogen) atoms. The van der Waals surface area contributed by atoms with Gasteiger partial charge in [-0.2, -0.15) is 0 Å². The smallest absolute Gasteiger partial charge is 0.225 e. The van der Waals surface area contributed by atoms with Crippen molar-refractivity contribution in [3.63, 3.8) is 0 Å². The molecule has 0 fully saturated rings. The third-order valence-corrected chi connectivity index (χ3v) is 2.97. The van der Waals surface area contributed by atoms with Crippen LogP contribution in [0.2, 0.25) is 0 Å². The molecule has 0 aromatic rings. The van der Waals surface area contributed by atoms with Crippen LogP contribution in [0.25, 0.3) is 0 Å². The highest BCUT2D eigenvalue weighted by molar-refractivity contribution is 5.81. The van der Waals surface area contributed by atoms with E-state index < -0.39 is 6.10 Å². The largest absolute Gasteiger partial charge is 0.394 e. The van der Waals surface area contributed by atoms with Gasteiger partial charge in [-0.3, -0.25) is 9.59 Å². The number of hydrogen-bond donors (Lipinski definition) is 4. The third-order valence-electron chi connectivity index (χ3n) is 2.97. The molecule has 0 rings (SSSR count). The van der Waals surface area contributed by atoms with Gasteiger partial charge in [0.15, 0.2) is 0 Å². The predicted molar refractivity (Wildman–Crippen MR) is 99.6 cm³/mol. The van der Waals surface area contributed by atoms with Crippen molar-refractivity contribution in [2.45, 2.75) is 81.4 Å². The van der Waals surface area contributed by atoms with Gasteiger partial charge in [0.2, 0.25) is 11.8 Å². The van der Waals surface area contributed by atoms with Gasteiger partial charge >= 0.3 is 0 Å². The summed E-state index contributed by atoms with van der Waals surface area (Å²) in [5, 5.41) is 23.1. The van der Waals surface area contributed by atoms with Gasteiger partial charge in [-0.1, -0.05) is 55.9 Å². The Bertz CT molecular complexity index is 351. The fraction of sp³-hybridized carbons (Fsp3) is 0.889. The van der Waals surface area contributed by atoms with E-state index in [-0.39, 0.29) is 42.7 Å². The Labute approximate surface area is 148 Å². The van der Waals surface area contributed by atoms with Crippen LogP contribution >= 0.6 is 0 Å². The Balaban J connectivity index is -0.000000354. The van der Waals surface area contributed by atoms with E-state index in [4.69, 9.17) is 10.2 Å². The molecule has 0 saturated heterocycles. The fourth-order valence-electron chi connectivity index (χ4n) is 1.18. The normalized spacial score (nSPS) is 13.6. The number of carbonyl (C=O) groups excluding carboxylic acids is 2. The number of hydrogen-bond acceptors (Lipinski definition) is 4. The van der Waals surface area contributed by atoms with E-state index in [2.05, 4.69) is 10.6 Å². The van der Waals surface area contributed by atoms with Crippen LogP contribution in [0.3, 0.4) is 0 Å². The molecule has 0 aliphatic rings. The molecule has 4 N–H and O–H groups in total. The molecule has 2 unspecified atom stereocenters. The maximum atomic E-state index is 11.4. The van der Waals surface area contributed by atoms with Gasteiger partial charge in [-0.15, -0.1) is 0 Å². The van der Waals surface area contributed by atoms with E-state index in [0.29, 0.717) is 6.54 Å². The number of aliphatic hydroxyl groups is 2. The fourth-order valence-corrected chi connectivity index (χ4v) is 1.18. The van der Waals surface area contributed by atoms with E-state index in [1.807, 2.05) is 48.5 Å². The summed E-state index contributed by atoms with van der Waals surface area (Å²) in [6.07, 6.45) is 0.291. The SMILES string of the molecule is C.CC(O)CNC(=O)C(C)(C)C.CCC(CO)NC(=O)C(C)(C)C. The number of aliphatic hydroxyl groups excluding tert-OH is 2. The van der Waals surface area contributed by atoms with E-state index in [1.165, 1.54) is 0 Å². The van der Waals surface area contributed by atoms with Crippen LogP contribution in [0.5, 0.6) is 0 Å². The van der Waals surface area contributed by atoms with Gasteiger partial charge in [0.25, 0.3) is 0 Å². The molecule has 0 saturated carbocycles. The first kappa shape index (κ1) is 27.7. The lowest BCUT2D eigenvalue weighted by molar-refractivity contribution is -0.130. The number of amides is 2. The lowest BCUT2D eigenvalue weighted by atomic mass is 9.95. The molecule has 6 nitrogen and oxygen atoms in total.